The number of rotatable bonds is 5. The SMILES string of the molecule is CS(=O)(=O)N1CCCC(CNCc2ccc(F)cc2F)C1. The van der Waals surface area contributed by atoms with E-state index in [1.54, 1.807) is 0 Å². The molecule has 0 amide bonds. The van der Waals surface area contributed by atoms with Crippen molar-refractivity contribution < 1.29 is 17.2 Å². The van der Waals surface area contributed by atoms with E-state index in [1.807, 2.05) is 0 Å². The molecule has 1 N–H and O–H groups in total. The maximum atomic E-state index is 13.5. The van der Waals surface area contributed by atoms with Crippen molar-refractivity contribution in [1.82, 2.24) is 9.62 Å². The highest BCUT2D eigenvalue weighted by atomic mass is 32.2. The first-order valence-corrected chi connectivity index (χ1v) is 8.81. The van der Waals surface area contributed by atoms with Gasteiger partial charge in [0.05, 0.1) is 6.26 Å². The van der Waals surface area contributed by atoms with Gasteiger partial charge in [-0.25, -0.2) is 21.5 Å². The summed E-state index contributed by atoms with van der Waals surface area (Å²) in [5, 5.41) is 3.12. The molecule has 1 aliphatic rings. The fraction of sp³-hybridized carbons (Fsp3) is 0.571. The highest BCUT2D eigenvalue weighted by Crippen LogP contribution is 2.18. The average Bonchev–Trinajstić information content (AvgIpc) is 2.41. The molecule has 1 unspecified atom stereocenters. The number of hydrogen-bond donors (Lipinski definition) is 1. The van der Waals surface area contributed by atoms with E-state index in [1.165, 1.54) is 22.7 Å². The second kappa shape index (κ2) is 6.81. The molecular formula is C14H20F2N2O2S. The number of nitrogens with one attached hydrogen (secondary N) is 1. The van der Waals surface area contributed by atoms with Crippen molar-refractivity contribution in [2.75, 3.05) is 25.9 Å². The Morgan fingerprint density at radius 2 is 2.14 bits per heavy atom. The van der Waals surface area contributed by atoms with Crippen LogP contribution in [0.3, 0.4) is 0 Å². The van der Waals surface area contributed by atoms with Crippen LogP contribution in [0.5, 0.6) is 0 Å². The molecule has 0 aromatic heterocycles. The largest absolute Gasteiger partial charge is 0.312 e. The second-order valence-electron chi connectivity index (χ2n) is 5.50. The third-order valence-electron chi connectivity index (χ3n) is 3.71. The zero-order chi connectivity index (χ0) is 15.5. The molecule has 0 bridgehead atoms. The molecular weight excluding hydrogens is 298 g/mol. The van der Waals surface area contributed by atoms with Crippen LogP contribution >= 0.6 is 0 Å². The van der Waals surface area contributed by atoms with Gasteiger partial charge in [0.15, 0.2) is 0 Å². The van der Waals surface area contributed by atoms with Crippen molar-refractivity contribution >= 4 is 10.0 Å². The van der Waals surface area contributed by atoms with E-state index in [4.69, 9.17) is 0 Å². The predicted octanol–water partition coefficient (Wildman–Crippen LogP) is 1.73. The van der Waals surface area contributed by atoms with E-state index in [-0.39, 0.29) is 5.92 Å². The highest BCUT2D eigenvalue weighted by Gasteiger charge is 2.25. The van der Waals surface area contributed by atoms with Gasteiger partial charge < -0.3 is 5.32 Å². The number of benzene rings is 1. The number of hydrogen-bond acceptors (Lipinski definition) is 3. The molecule has 0 radical (unpaired) electrons. The van der Waals surface area contributed by atoms with Gasteiger partial charge in [-0.15, -0.1) is 0 Å². The van der Waals surface area contributed by atoms with Crippen LogP contribution in [0.15, 0.2) is 18.2 Å². The first-order valence-electron chi connectivity index (χ1n) is 6.96. The van der Waals surface area contributed by atoms with Crippen molar-refractivity contribution in [3.8, 4) is 0 Å². The van der Waals surface area contributed by atoms with Gasteiger partial charge in [-0.3, -0.25) is 0 Å². The second-order valence-corrected chi connectivity index (χ2v) is 7.48. The lowest BCUT2D eigenvalue weighted by molar-refractivity contribution is 0.261. The molecule has 1 saturated heterocycles. The molecule has 7 heteroatoms. The molecule has 4 nitrogen and oxygen atoms in total. The Kier molecular flexibility index (Phi) is 5.29. The minimum atomic E-state index is -3.14. The van der Waals surface area contributed by atoms with Crippen LogP contribution in [0, 0.1) is 17.6 Å². The Morgan fingerprint density at radius 1 is 1.38 bits per heavy atom. The first kappa shape index (κ1) is 16.3. The predicted molar refractivity (Wildman–Crippen MR) is 77.2 cm³/mol. The van der Waals surface area contributed by atoms with E-state index in [0.29, 0.717) is 31.7 Å². The minimum Gasteiger partial charge on any atom is -0.312 e. The molecule has 2 rings (SSSR count). The number of piperidine rings is 1. The Balaban J connectivity index is 1.83. The lowest BCUT2D eigenvalue weighted by Crippen LogP contribution is -2.42. The van der Waals surface area contributed by atoms with Gasteiger partial charge in [-0.1, -0.05) is 6.07 Å². The zero-order valence-corrected chi connectivity index (χ0v) is 12.8. The molecule has 1 fully saturated rings. The average molecular weight is 318 g/mol. The van der Waals surface area contributed by atoms with Crippen molar-refractivity contribution in [3.05, 3.63) is 35.4 Å². The summed E-state index contributed by atoms with van der Waals surface area (Å²) in [6.07, 6.45) is 3.01. The van der Waals surface area contributed by atoms with Gasteiger partial charge in [0.25, 0.3) is 0 Å². The zero-order valence-electron chi connectivity index (χ0n) is 12.0. The van der Waals surface area contributed by atoms with Crippen LogP contribution in [-0.4, -0.2) is 38.6 Å². The van der Waals surface area contributed by atoms with Gasteiger partial charge in [0, 0.05) is 31.3 Å². The topological polar surface area (TPSA) is 49.4 Å². The van der Waals surface area contributed by atoms with Gasteiger partial charge in [-0.2, -0.15) is 0 Å². The summed E-state index contributed by atoms with van der Waals surface area (Å²) in [4.78, 5) is 0. The normalized spacial score (nSPS) is 20.6. The lowest BCUT2D eigenvalue weighted by Gasteiger charge is -2.31. The van der Waals surface area contributed by atoms with Crippen LogP contribution in [0.25, 0.3) is 0 Å². The van der Waals surface area contributed by atoms with Crippen LogP contribution in [-0.2, 0) is 16.6 Å². The fourth-order valence-corrected chi connectivity index (χ4v) is 3.51. The Bertz CT molecular complexity index is 593. The molecule has 1 heterocycles. The van der Waals surface area contributed by atoms with Gasteiger partial charge in [0.1, 0.15) is 11.6 Å². The number of halogens is 2. The van der Waals surface area contributed by atoms with Crippen molar-refractivity contribution in [2.24, 2.45) is 5.92 Å². The third-order valence-corrected chi connectivity index (χ3v) is 4.98. The molecule has 1 aromatic carbocycles. The lowest BCUT2D eigenvalue weighted by atomic mass is 9.99. The molecule has 1 aromatic rings. The minimum absolute atomic E-state index is 0.219. The van der Waals surface area contributed by atoms with Crippen molar-refractivity contribution in [1.29, 1.82) is 0 Å². The van der Waals surface area contributed by atoms with Crippen LogP contribution in [0.2, 0.25) is 0 Å². The summed E-state index contributed by atoms with van der Waals surface area (Å²) in [6, 6.07) is 3.51. The maximum Gasteiger partial charge on any atom is 0.211 e. The molecule has 0 saturated carbocycles. The van der Waals surface area contributed by atoms with E-state index in [0.717, 1.165) is 18.9 Å². The van der Waals surface area contributed by atoms with E-state index in [2.05, 4.69) is 5.32 Å². The van der Waals surface area contributed by atoms with Crippen LogP contribution in [0.4, 0.5) is 8.78 Å². The van der Waals surface area contributed by atoms with Crippen molar-refractivity contribution in [2.45, 2.75) is 19.4 Å². The summed E-state index contributed by atoms with van der Waals surface area (Å²) in [6.45, 7) is 1.99. The standard InChI is InChI=1S/C14H20F2N2O2S/c1-21(19,20)18-6-2-3-11(10-18)8-17-9-12-4-5-13(15)7-14(12)16/h4-5,7,11,17H,2-3,6,8-10H2,1H3. The highest BCUT2D eigenvalue weighted by molar-refractivity contribution is 7.88. The van der Waals surface area contributed by atoms with E-state index >= 15 is 0 Å². The van der Waals surface area contributed by atoms with Gasteiger partial charge in [-0.05, 0) is 31.4 Å². The summed E-state index contributed by atoms with van der Waals surface area (Å²) in [7, 11) is -3.14. The molecule has 0 aliphatic carbocycles. The van der Waals surface area contributed by atoms with Crippen molar-refractivity contribution in [3.63, 3.8) is 0 Å². The summed E-state index contributed by atoms with van der Waals surface area (Å²) < 4.78 is 50.8. The van der Waals surface area contributed by atoms with Crippen LogP contribution in [0.1, 0.15) is 18.4 Å². The van der Waals surface area contributed by atoms with Crippen LogP contribution < -0.4 is 5.32 Å². The molecule has 1 aliphatic heterocycles. The Morgan fingerprint density at radius 3 is 2.81 bits per heavy atom. The fourth-order valence-electron chi connectivity index (χ4n) is 2.57. The molecule has 1 atom stereocenters. The number of nitrogens with zero attached hydrogens (tertiary/aromatic N) is 1. The first-order chi connectivity index (χ1) is 9.86. The monoisotopic (exact) mass is 318 g/mol. The van der Waals surface area contributed by atoms with Gasteiger partial charge >= 0.3 is 0 Å². The summed E-state index contributed by atoms with van der Waals surface area (Å²) in [5.41, 5.74) is 0.409. The molecule has 0 spiro atoms. The third kappa shape index (κ3) is 4.72. The number of sulfonamides is 1. The van der Waals surface area contributed by atoms with E-state index in [9.17, 15) is 17.2 Å². The summed E-state index contributed by atoms with van der Waals surface area (Å²) >= 11 is 0. The summed E-state index contributed by atoms with van der Waals surface area (Å²) in [5.74, 6) is -0.937. The van der Waals surface area contributed by atoms with E-state index < -0.39 is 21.7 Å². The van der Waals surface area contributed by atoms with Gasteiger partial charge in [0.2, 0.25) is 10.0 Å². The quantitative estimate of drug-likeness (QED) is 0.899. The maximum absolute atomic E-state index is 13.5. The Labute approximate surface area is 124 Å². The smallest absolute Gasteiger partial charge is 0.211 e. The molecule has 21 heavy (non-hydrogen) atoms. The Hall–Kier alpha value is -1.05. The molecule has 118 valence electrons.